The third kappa shape index (κ3) is 2.12. The number of hydrogen-bond acceptors (Lipinski definition) is 5. The predicted molar refractivity (Wildman–Crippen MR) is 100 cm³/mol. The van der Waals surface area contributed by atoms with Gasteiger partial charge in [0, 0.05) is 22.7 Å². The maximum absolute atomic E-state index is 17.0. The highest BCUT2D eigenvalue weighted by Gasteiger charge is 2.74. The molecule has 0 spiro atoms. The number of rotatable bonds is 2. The van der Waals surface area contributed by atoms with E-state index in [1.54, 1.807) is 19.9 Å². The van der Waals surface area contributed by atoms with Crippen molar-refractivity contribution in [3.8, 4) is 0 Å². The van der Waals surface area contributed by atoms with Gasteiger partial charge in [-0.3, -0.25) is 9.59 Å². The minimum Gasteiger partial charge on any atom is -0.390 e. The number of hydrogen-bond donors (Lipinski definition) is 3. The highest BCUT2D eigenvalue weighted by molar-refractivity contribution is 5.93. The molecule has 3 N–H and O–H groups in total. The first-order chi connectivity index (χ1) is 13.0. The Balaban J connectivity index is 1.80. The summed E-state index contributed by atoms with van der Waals surface area (Å²) in [6.45, 7) is 4.65. The van der Waals surface area contributed by atoms with Crippen molar-refractivity contribution in [3.63, 3.8) is 0 Å². The summed E-state index contributed by atoms with van der Waals surface area (Å²) >= 11 is 0. The van der Waals surface area contributed by atoms with Crippen LogP contribution in [0.2, 0.25) is 0 Å². The number of ketones is 2. The van der Waals surface area contributed by atoms with Crippen molar-refractivity contribution in [1.82, 2.24) is 0 Å². The SMILES string of the molecule is C[C@@H]1C[C@]2(C)C(=CC1=O)CC[C@@H]1[C@@H]3CC[C@](O)(C(=O)CO)[C@@]3(C)C[C@H](O)[C@@]12F. The second-order valence-corrected chi connectivity index (χ2v) is 10.1. The molecule has 0 amide bonds. The highest BCUT2D eigenvalue weighted by atomic mass is 19.1. The maximum Gasteiger partial charge on any atom is 0.190 e. The van der Waals surface area contributed by atoms with E-state index in [-0.39, 0.29) is 30.5 Å². The molecule has 0 heterocycles. The molecular weight excluding hydrogens is 363 g/mol. The van der Waals surface area contributed by atoms with Crippen LogP contribution in [-0.4, -0.2) is 50.9 Å². The van der Waals surface area contributed by atoms with E-state index in [1.807, 2.05) is 6.92 Å². The van der Waals surface area contributed by atoms with Gasteiger partial charge in [-0.25, -0.2) is 4.39 Å². The molecule has 0 aliphatic heterocycles. The van der Waals surface area contributed by atoms with E-state index in [0.29, 0.717) is 25.7 Å². The fraction of sp³-hybridized carbons (Fsp3) is 0.818. The molecule has 4 rings (SSSR count). The van der Waals surface area contributed by atoms with Crippen LogP contribution in [0.4, 0.5) is 4.39 Å². The highest BCUT2D eigenvalue weighted by Crippen LogP contribution is 2.70. The van der Waals surface area contributed by atoms with Gasteiger partial charge in [0.15, 0.2) is 11.6 Å². The number of alkyl halides is 1. The zero-order valence-corrected chi connectivity index (χ0v) is 16.9. The van der Waals surface area contributed by atoms with Gasteiger partial charge in [0.2, 0.25) is 0 Å². The molecule has 0 bridgehead atoms. The summed E-state index contributed by atoms with van der Waals surface area (Å²) in [5.74, 6) is -1.67. The first-order valence-corrected chi connectivity index (χ1v) is 10.4. The Bertz CT molecular complexity index is 764. The maximum atomic E-state index is 17.0. The van der Waals surface area contributed by atoms with Crippen molar-refractivity contribution >= 4 is 11.6 Å². The van der Waals surface area contributed by atoms with Gasteiger partial charge in [0.25, 0.3) is 0 Å². The second kappa shape index (κ2) is 5.96. The molecule has 8 atom stereocenters. The Morgan fingerprint density at radius 3 is 2.57 bits per heavy atom. The average molecular weight is 394 g/mol. The van der Waals surface area contributed by atoms with Crippen molar-refractivity contribution < 1.29 is 29.3 Å². The van der Waals surface area contributed by atoms with Gasteiger partial charge in [-0.05, 0) is 50.5 Å². The van der Waals surface area contributed by atoms with Gasteiger partial charge >= 0.3 is 0 Å². The molecule has 5 nitrogen and oxygen atoms in total. The lowest BCUT2D eigenvalue weighted by Crippen LogP contribution is -2.69. The number of halogens is 1. The largest absolute Gasteiger partial charge is 0.390 e. The molecule has 4 aliphatic rings. The predicted octanol–water partition coefficient (Wildman–Crippen LogP) is 2.12. The Morgan fingerprint density at radius 1 is 1.25 bits per heavy atom. The van der Waals surface area contributed by atoms with E-state index in [0.717, 1.165) is 5.57 Å². The van der Waals surface area contributed by atoms with Gasteiger partial charge in [-0.2, -0.15) is 0 Å². The summed E-state index contributed by atoms with van der Waals surface area (Å²) in [6.07, 6.45) is 2.34. The van der Waals surface area contributed by atoms with E-state index in [2.05, 4.69) is 0 Å². The van der Waals surface area contributed by atoms with E-state index in [9.17, 15) is 24.9 Å². The Kier molecular flexibility index (Phi) is 4.29. The van der Waals surface area contributed by atoms with Crippen molar-refractivity contribution in [3.05, 3.63) is 11.6 Å². The van der Waals surface area contributed by atoms with Gasteiger partial charge in [-0.15, -0.1) is 0 Å². The molecule has 0 radical (unpaired) electrons. The number of fused-ring (bicyclic) bond motifs is 5. The van der Waals surface area contributed by atoms with Gasteiger partial charge in [0.1, 0.15) is 17.9 Å². The van der Waals surface area contributed by atoms with Gasteiger partial charge in [0.05, 0.1) is 6.10 Å². The van der Waals surface area contributed by atoms with Crippen LogP contribution in [0.3, 0.4) is 0 Å². The quantitative estimate of drug-likeness (QED) is 0.667. The summed E-state index contributed by atoms with van der Waals surface area (Å²) in [5, 5.41) is 31.7. The van der Waals surface area contributed by atoms with Crippen LogP contribution in [0.25, 0.3) is 0 Å². The lowest BCUT2D eigenvalue weighted by Gasteiger charge is -2.63. The normalized spacial score (nSPS) is 53.1. The standard InChI is InChI=1S/C22H31FO5/c1-12-9-19(2)13(8-16(12)25)4-5-15-14-6-7-21(28,18(27)11-24)20(14,3)10-17(26)22(15,19)23/h8,12,14-15,17,24,26,28H,4-7,9-11H2,1-3H3/t12-,14+,15-,17+,19-,20+,21+,22+/m1/s1. The Labute approximate surface area is 165 Å². The summed E-state index contributed by atoms with van der Waals surface area (Å²) < 4.78 is 17.0. The number of allylic oxidation sites excluding steroid dienone is 1. The number of carbonyl (C=O) groups excluding carboxylic acids is 2. The topological polar surface area (TPSA) is 94.8 Å². The third-order valence-corrected chi connectivity index (χ3v) is 9.11. The van der Waals surface area contributed by atoms with Crippen LogP contribution in [-0.2, 0) is 9.59 Å². The first-order valence-electron chi connectivity index (χ1n) is 10.4. The molecule has 4 aliphatic carbocycles. The second-order valence-electron chi connectivity index (χ2n) is 10.1. The lowest BCUT2D eigenvalue weighted by molar-refractivity contribution is -0.228. The smallest absolute Gasteiger partial charge is 0.190 e. The van der Waals surface area contributed by atoms with Crippen LogP contribution in [0.1, 0.15) is 59.3 Å². The lowest BCUT2D eigenvalue weighted by atomic mass is 9.43. The zero-order chi connectivity index (χ0) is 20.7. The van der Waals surface area contributed by atoms with Gasteiger partial charge < -0.3 is 15.3 Å². The summed E-state index contributed by atoms with van der Waals surface area (Å²) in [7, 11) is 0. The Morgan fingerprint density at radius 2 is 1.93 bits per heavy atom. The zero-order valence-electron chi connectivity index (χ0n) is 16.9. The fourth-order valence-corrected chi connectivity index (χ4v) is 7.49. The van der Waals surface area contributed by atoms with Crippen LogP contribution >= 0.6 is 0 Å². The van der Waals surface area contributed by atoms with Crippen LogP contribution in [0.5, 0.6) is 0 Å². The first kappa shape index (κ1) is 20.2. The van der Waals surface area contributed by atoms with Crippen molar-refractivity contribution in [1.29, 1.82) is 0 Å². The van der Waals surface area contributed by atoms with E-state index in [4.69, 9.17) is 0 Å². The molecule has 0 saturated heterocycles. The average Bonchev–Trinajstić information content (AvgIpc) is 2.89. The molecule has 3 saturated carbocycles. The van der Waals surface area contributed by atoms with Crippen molar-refractivity contribution in [2.75, 3.05) is 6.61 Å². The number of aliphatic hydroxyl groups is 3. The minimum atomic E-state index is -1.90. The molecule has 0 unspecified atom stereocenters. The van der Waals surface area contributed by atoms with Crippen LogP contribution in [0.15, 0.2) is 11.6 Å². The molecular formula is C22H31FO5. The van der Waals surface area contributed by atoms with Gasteiger partial charge in [-0.1, -0.05) is 26.3 Å². The summed E-state index contributed by atoms with van der Waals surface area (Å²) in [6, 6.07) is 0. The fourth-order valence-electron chi connectivity index (χ4n) is 7.49. The molecule has 0 aromatic heterocycles. The monoisotopic (exact) mass is 394 g/mol. The molecule has 6 heteroatoms. The number of Topliss-reactive ketones (excluding diaryl/α,β-unsaturated/α-hetero) is 1. The molecule has 0 aromatic carbocycles. The summed E-state index contributed by atoms with van der Waals surface area (Å²) in [5.41, 5.74) is -4.74. The third-order valence-electron chi connectivity index (χ3n) is 9.11. The van der Waals surface area contributed by atoms with E-state index >= 15 is 4.39 Å². The Hall–Kier alpha value is -1.11. The number of carbonyl (C=O) groups is 2. The van der Waals surface area contributed by atoms with Crippen molar-refractivity contribution in [2.45, 2.75) is 76.7 Å². The number of aliphatic hydroxyl groups excluding tert-OH is 2. The molecule has 156 valence electrons. The van der Waals surface area contributed by atoms with Crippen molar-refractivity contribution in [2.24, 2.45) is 28.6 Å². The minimum absolute atomic E-state index is 0.0217. The molecule has 28 heavy (non-hydrogen) atoms. The molecule has 0 aromatic rings. The van der Waals surface area contributed by atoms with Crippen LogP contribution < -0.4 is 0 Å². The van der Waals surface area contributed by atoms with E-state index in [1.165, 1.54) is 0 Å². The summed E-state index contributed by atoms with van der Waals surface area (Å²) in [4.78, 5) is 24.6. The van der Waals surface area contributed by atoms with E-state index < -0.39 is 46.5 Å². The molecule has 3 fully saturated rings. The van der Waals surface area contributed by atoms with Crippen LogP contribution in [0, 0.1) is 28.6 Å².